The second-order valence-electron chi connectivity index (χ2n) is 9.27. The molecule has 4 amide bonds. The standard InChI is InChI=1S/C23H23N9O4/c1-12-26-28-19-6-3-14(10-30(12)19)24-21(34)17-11-32(29-27-17)15-4-2-13-9-31(23(36)16(13)8-15)18-5-7-20(33)25-22(18)35/h2,4,8,11,14,18H,3,5-7,9-10H2,1H3,(H,24,34)(H,25,33,35). The third-order valence-electron chi connectivity index (χ3n) is 6.97. The molecule has 0 radical (unpaired) electrons. The Morgan fingerprint density at radius 3 is 2.81 bits per heavy atom. The van der Waals surface area contributed by atoms with Gasteiger partial charge in [-0.25, -0.2) is 4.68 Å². The van der Waals surface area contributed by atoms with E-state index in [-0.39, 0.29) is 35.9 Å². The number of hydrogen-bond donors (Lipinski definition) is 2. The van der Waals surface area contributed by atoms with E-state index in [2.05, 4.69) is 31.1 Å². The predicted octanol–water partition coefficient (Wildman–Crippen LogP) is -0.327. The first-order valence-electron chi connectivity index (χ1n) is 11.8. The number of piperidine rings is 1. The Balaban J connectivity index is 1.15. The number of nitrogens with zero attached hydrogens (tertiary/aromatic N) is 7. The van der Waals surface area contributed by atoms with Crippen molar-refractivity contribution in [2.75, 3.05) is 0 Å². The van der Waals surface area contributed by atoms with Crippen LogP contribution in [-0.4, -0.2) is 70.4 Å². The molecule has 1 aromatic carbocycles. The minimum absolute atomic E-state index is 0.0688. The molecule has 3 aliphatic heterocycles. The largest absolute Gasteiger partial charge is 0.346 e. The molecule has 1 saturated heterocycles. The molecule has 36 heavy (non-hydrogen) atoms. The molecule has 3 aliphatic rings. The van der Waals surface area contributed by atoms with Gasteiger partial charge in [-0.3, -0.25) is 24.5 Å². The van der Waals surface area contributed by atoms with Crippen LogP contribution >= 0.6 is 0 Å². The van der Waals surface area contributed by atoms with E-state index < -0.39 is 11.9 Å². The van der Waals surface area contributed by atoms with Gasteiger partial charge in [-0.05, 0) is 37.5 Å². The number of carbonyl (C=O) groups excluding carboxylic acids is 4. The second kappa shape index (κ2) is 8.36. The number of fused-ring (bicyclic) bond motifs is 2. The minimum Gasteiger partial charge on any atom is -0.346 e. The van der Waals surface area contributed by atoms with E-state index in [1.165, 1.54) is 15.8 Å². The SMILES string of the molecule is Cc1nnc2n1CC(NC(=O)c1cn(-c3ccc4c(c3)C(=O)N(C3CCC(=O)NC3=O)C4)nn1)CC2. The molecule has 13 heteroatoms. The van der Waals surface area contributed by atoms with Crippen LogP contribution in [0.4, 0.5) is 0 Å². The van der Waals surface area contributed by atoms with Crippen LogP contribution in [-0.2, 0) is 29.1 Å². The molecule has 2 N–H and O–H groups in total. The minimum atomic E-state index is -0.675. The summed E-state index contributed by atoms with van der Waals surface area (Å²) in [4.78, 5) is 51.1. The fourth-order valence-corrected chi connectivity index (χ4v) is 5.02. The summed E-state index contributed by atoms with van der Waals surface area (Å²) in [6, 6.07) is 4.52. The number of nitrogens with one attached hydrogen (secondary N) is 2. The molecule has 0 saturated carbocycles. The highest BCUT2D eigenvalue weighted by molar-refractivity contribution is 6.05. The third kappa shape index (κ3) is 3.72. The molecule has 184 valence electrons. The van der Waals surface area contributed by atoms with E-state index in [1.54, 1.807) is 18.2 Å². The highest BCUT2D eigenvalue weighted by Crippen LogP contribution is 2.29. The van der Waals surface area contributed by atoms with Crippen LogP contribution in [0.3, 0.4) is 0 Å². The average Bonchev–Trinajstić information content (AvgIpc) is 3.58. The smallest absolute Gasteiger partial charge is 0.273 e. The number of benzene rings is 1. The number of aromatic nitrogens is 6. The van der Waals surface area contributed by atoms with Crippen LogP contribution in [0.5, 0.6) is 0 Å². The van der Waals surface area contributed by atoms with Crippen molar-refractivity contribution in [1.29, 1.82) is 0 Å². The summed E-state index contributed by atoms with van der Waals surface area (Å²) in [5.41, 5.74) is 1.98. The van der Waals surface area contributed by atoms with Gasteiger partial charge in [-0.1, -0.05) is 11.3 Å². The van der Waals surface area contributed by atoms with E-state index in [0.717, 1.165) is 30.1 Å². The Labute approximate surface area is 204 Å². The lowest BCUT2D eigenvalue weighted by Crippen LogP contribution is -2.52. The van der Waals surface area contributed by atoms with Crippen LogP contribution in [0.1, 0.15) is 57.3 Å². The molecule has 2 aromatic heterocycles. The van der Waals surface area contributed by atoms with E-state index in [1.807, 2.05) is 11.5 Å². The quantitative estimate of drug-likeness (QED) is 0.472. The molecule has 0 bridgehead atoms. The molecule has 2 unspecified atom stereocenters. The maximum absolute atomic E-state index is 13.1. The lowest BCUT2D eigenvalue weighted by Gasteiger charge is -2.29. The van der Waals surface area contributed by atoms with Crippen molar-refractivity contribution in [3.05, 3.63) is 52.9 Å². The molecule has 1 fully saturated rings. The van der Waals surface area contributed by atoms with Crippen LogP contribution in [0, 0.1) is 6.92 Å². The molecule has 3 aromatic rings. The molecule has 13 nitrogen and oxygen atoms in total. The van der Waals surface area contributed by atoms with Crippen molar-refractivity contribution in [3.63, 3.8) is 0 Å². The summed E-state index contributed by atoms with van der Waals surface area (Å²) in [5.74, 6) is 0.356. The van der Waals surface area contributed by atoms with Gasteiger partial charge in [0.25, 0.3) is 11.8 Å². The van der Waals surface area contributed by atoms with E-state index >= 15 is 0 Å². The summed E-state index contributed by atoms with van der Waals surface area (Å²) in [5, 5.41) is 21.6. The summed E-state index contributed by atoms with van der Waals surface area (Å²) in [7, 11) is 0. The van der Waals surface area contributed by atoms with Gasteiger partial charge >= 0.3 is 0 Å². The Bertz CT molecular complexity index is 1420. The average molecular weight is 489 g/mol. The zero-order valence-electron chi connectivity index (χ0n) is 19.5. The van der Waals surface area contributed by atoms with E-state index in [4.69, 9.17) is 0 Å². The van der Waals surface area contributed by atoms with Gasteiger partial charge in [0.2, 0.25) is 11.8 Å². The van der Waals surface area contributed by atoms with Crippen molar-refractivity contribution >= 4 is 23.6 Å². The lowest BCUT2D eigenvalue weighted by atomic mass is 10.0. The van der Waals surface area contributed by atoms with E-state index in [0.29, 0.717) is 30.8 Å². The first-order chi connectivity index (χ1) is 17.4. The monoisotopic (exact) mass is 489 g/mol. The second-order valence-corrected chi connectivity index (χ2v) is 9.27. The Morgan fingerprint density at radius 2 is 1.97 bits per heavy atom. The fraction of sp³-hybridized carbons (Fsp3) is 0.391. The van der Waals surface area contributed by atoms with Gasteiger partial charge in [0.05, 0.1) is 11.9 Å². The molecular formula is C23H23N9O4. The summed E-state index contributed by atoms with van der Waals surface area (Å²) < 4.78 is 3.45. The maximum atomic E-state index is 13.1. The van der Waals surface area contributed by atoms with Gasteiger partial charge in [0.1, 0.15) is 17.7 Å². The summed E-state index contributed by atoms with van der Waals surface area (Å²) in [6.07, 6.45) is 3.52. The fourth-order valence-electron chi connectivity index (χ4n) is 5.02. The summed E-state index contributed by atoms with van der Waals surface area (Å²) in [6.45, 7) is 2.78. The van der Waals surface area contributed by atoms with Gasteiger partial charge in [-0.15, -0.1) is 15.3 Å². The van der Waals surface area contributed by atoms with Crippen molar-refractivity contribution in [2.24, 2.45) is 0 Å². The number of aryl methyl sites for hydroxylation is 2. The normalized spacial score (nSPS) is 21.2. The van der Waals surface area contributed by atoms with E-state index in [9.17, 15) is 19.2 Å². The van der Waals surface area contributed by atoms with Gasteiger partial charge in [0.15, 0.2) is 5.69 Å². The maximum Gasteiger partial charge on any atom is 0.273 e. The molecule has 0 aliphatic carbocycles. The molecule has 2 atom stereocenters. The van der Waals surface area contributed by atoms with Crippen molar-refractivity contribution < 1.29 is 19.2 Å². The molecule has 5 heterocycles. The van der Waals surface area contributed by atoms with Crippen LogP contribution < -0.4 is 10.6 Å². The zero-order valence-corrected chi connectivity index (χ0v) is 19.5. The number of imide groups is 1. The van der Waals surface area contributed by atoms with Crippen LogP contribution in [0.25, 0.3) is 5.69 Å². The highest BCUT2D eigenvalue weighted by Gasteiger charge is 2.39. The zero-order chi connectivity index (χ0) is 25.0. The van der Waals surface area contributed by atoms with Crippen molar-refractivity contribution in [2.45, 2.75) is 57.8 Å². The van der Waals surface area contributed by atoms with Gasteiger partial charge < -0.3 is 14.8 Å². The van der Waals surface area contributed by atoms with Crippen LogP contribution in [0.15, 0.2) is 24.4 Å². The first-order valence-corrected chi connectivity index (χ1v) is 11.8. The van der Waals surface area contributed by atoms with Gasteiger partial charge in [-0.2, -0.15) is 0 Å². The Kier molecular flexibility index (Phi) is 5.12. The number of hydrogen-bond acceptors (Lipinski definition) is 8. The Hall–Kier alpha value is -4.42. The third-order valence-corrected chi connectivity index (χ3v) is 6.97. The highest BCUT2D eigenvalue weighted by atomic mass is 16.2. The van der Waals surface area contributed by atoms with Crippen LogP contribution in [0.2, 0.25) is 0 Å². The topological polar surface area (TPSA) is 157 Å². The Morgan fingerprint density at radius 1 is 1.11 bits per heavy atom. The lowest BCUT2D eigenvalue weighted by molar-refractivity contribution is -0.136. The number of rotatable bonds is 4. The molecule has 0 spiro atoms. The van der Waals surface area contributed by atoms with Crippen molar-refractivity contribution in [3.8, 4) is 5.69 Å². The number of carbonyl (C=O) groups is 4. The van der Waals surface area contributed by atoms with Crippen molar-refractivity contribution in [1.82, 2.24) is 45.3 Å². The number of amides is 4. The summed E-state index contributed by atoms with van der Waals surface area (Å²) >= 11 is 0. The molecule has 6 rings (SSSR count). The predicted molar refractivity (Wildman–Crippen MR) is 122 cm³/mol. The first kappa shape index (κ1) is 22.1. The van der Waals surface area contributed by atoms with Gasteiger partial charge in [0, 0.05) is 37.5 Å². The molecular weight excluding hydrogens is 466 g/mol.